The summed E-state index contributed by atoms with van der Waals surface area (Å²) in [5, 5.41) is 3.32. The van der Waals surface area contributed by atoms with Crippen molar-refractivity contribution in [3.63, 3.8) is 0 Å². The molecule has 2 atom stereocenters. The van der Waals surface area contributed by atoms with Gasteiger partial charge in [-0.25, -0.2) is 4.98 Å². The molecule has 0 saturated heterocycles. The molecule has 0 saturated carbocycles. The van der Waals surface area contributed by atoms with E-state index < -0.39 is 0 Å². The maximum Gasteiger partial charge on any atom is 2.00 e. The standard InChI is InChI=1S/C57H61N3OS.Pt/c1-33-21-36(4)50(37(5)22-33)38-25-39(52-59-56(15)32-40-23-34(2)35(3)24-48(40)57(56,62-52)55(12,13)14)27-44(26-38)61-45-29-42(54(9,10)11)28-43(31-45)60-49-19-18-41(53(6,7)8)30-47(49)46-17-16-20-58-51(46)60;/h16-26,28-30H,32H2,1-15H3;/q-2;+2/t56-,57-;/m1./s1. The van der Waals surface area contributed by atoms with Crippen molar-refractivity contribution in [3.05, 3.63) is 153 Å². The number of hydrogen-bond donors (Lipinski definition) is 0. The first-order chi connectivity index (χ1) is 29.0. The summed E-state index contributed by atoms with van der Waals surface area (Å²) >= 11 is 1.93. The van der Waals surface area contributed by atoms with Crippen LogP contribution in [-0.2, 0) is 43.1 Å². The molecular weight excluding hydrogens is 970 g/mol. The van der Waals surface area contributed by atoms with Gasteiger partial charge in [0.05, 0.1) is 15.8 Å². The Kier molecular flexibility index (Phi) is 11.0. The third-order valence-electron chi connectivity index (χ3n) is 13.6. The molecule has 9 rings (SSSR count). The topological polar surface area (TPSA) is 39.4 Å². The van der Waals surface area contributed by atoms with Gasteiger partial charge in [0.25, 0.3) is 0 Å². The summed E-state index contributed by atoms with van der Waals surface area (Å²) < 4.78 is 9.09. The Morgan fingerprint density at radius 1 is 0.698 bits per heavy atom. The minimum atomic E-state index is -0.331. The molecule has 326 valence electrons. The van der Waals surface area contributed by atoms with Crippen LogP contribution in [0, 0.1) is 52.2 Å². The molecule has 2 aliphatic rings. The fourth-order valence-corrected chi connectivity index (χ4v) is 12.3. The van der Waals surface area contributed by atoms with E-state index in [4.69, 9.17) is 14.7 Å². The number of nitrogens with zero attached hydrogens (tertiary/aromatic N) is 3. The van der Waals surface area contributed by atoms with Crippen molar-refractivity contribution in [2.75, 3.05) is 0 Å². The molecule has 0 spiro atoms. The van der Waals surface area contributed by atoms with Crippen molar-refractivity contribution in [1.82, 2.24) is 9.55 Å². The Labute approximate surface area is 394 Å². The monoisotopic (exact) mass is 1030 g/mol. The van der Waals surface area contributed by atoms with Crippen molar-refractivity contribution >= 4 is 38.7 Å². The maximum atomic E-state index is 7.09. The van der Waals surface area contributed by atoms with E-state index in [1.807, 2.05) is 24.0 Å². The summed E-state index contributed by atoms with van der Waals surface area (Å²) in [6.45, 7) is 34.2. The number of pyridine rings is 1. The van der Waals surface area contributed by atoms with E-state index >= 15 is 0 Å². The quantitative estimate of drug-likeness (QED) is 0.161. The zero-order valence-corrected chi connectivity index (χ0v) is 42.9. The van der Waals surface area contributed by atoms with Gasteiger partial charge in [-0.15, -0.1) is 47.2 Å². The molecule has 1 aliphatic carbocycles. The Morgan fingerprint density at radius 2 is 1.37 bits per heavy atom. The van der Waals surface area contributed by atoms with Gasteiger partial charge >= 0.3 is 21.1 Å². The van der Waals surface area contributed by atoms with E-state index in [0.717, 1.165) is 50.4 Å². The minimum absolute atomic E-state index is 0. The first-order valence-corrected chi connectivity index (χ1v) is 23.0. The number of rotatable bonds is 5. The Hall–Kier alpha value is -4.44. The molecule has 2 aromatic heterocycles. The van der Waals surface area contributed by atoms with Crippen molar-refractivity contribution in [2.45, 2.75) is 131 Å². The molecule has 0 unspecified atom stereocenters. The number of hydrogen-bond acceptors (Lipinski definition) is 4. The Morgan fingerprint density at radius 3 is 2.03 bits per heavy atom. The van der Waals surface area contributed by atoms with Crippen LogP contribution in [0.15, 0.2) is 90.1 Å². The van der Waals surface area contributed by atoms with E-state index in [1.165, 1.54) is 55.5 Å². The number of aryl methyl sites for hydroxylation is 5. The predicted molar refractivity (Wildman–Crippen MR) is 263 cm³/mol. The van der Waals surface area contributed by atoms with Gasteiger partial charge in [0.1, 0.15) is 5.65 Å². The molecule has 0 N–H and O–H groups in total. The summed E-state index contributed by atoms with van der Waals surface area (Å²) in [5.41, 5.74) is 17.3. The van der Waals surface area contributed by atoms with Gasteiger partial charge in [-0.2, -0.15) is 0 Å². The molecule has 3 heterocycles. The van der Waals surface area contributed by atoms with Crippen LogP contribution >= 0.6 is 11.8 Å². The van der Waals surface area contributed by atoms with Gasteiger partial charge in [0.15, 0.2) is 0 Å². The van der Waals surface area contributed by atoms with Gasteiger partial charge in [-0.05, 0) is 133 Å². The van der Waals surface area contributed by atoms with Crippen molar-refractivity contribution in [3.8, 4) is 28.3 Å². The van der Waals surface area contributed by atoms with Gasteiger partial charge in [-0.3, -0.25) is 0 Å². The van der Waals surface area contributed by atoms with Crippen LogP contribution in [0.1, 0.15) is 125 Å². The van der Waals surface area contributed by atoms with Crippen LogP contribution in [0.3, 0.4) is 0 Å². The van der Waals surface area contributed by atoms with E-state index in [9.17, 15) is 0 Å². The number of fused-ring (bicyclic) bond motifs is 6. The number of benzene rings is 5. The number of thioether (sulfide) groups is 1. The fraction of sp³-hybridized carbons (Fsp3) is 0.368. The second kappa shape index (κ2) is 15.3. The Bertz CT molecular complexity index is 3000. The average Bonchev–Trinajstić information content (AvgIpc) is 3.75. The molecule has 6 heteroatoms. The van der Waals surface area contributed by atoms with Crippen LogP contribution in [-0.4, -0.2) is 20.1 Å². The first kappa shape index (κ1) is 45.1. The normalized spacial score (nSPS) is 18.7. The van der Waals surface area contributed by atoms with Gasteiger partial charge < -0.3 is 14.3 Å². The molecule has 5 aromatic carbocycles. The van der Waals surface area contributed by atoms with Crippen molar-refractivity contribution in [1.29, 1.82) is 0 Å². The van der Waals surface area contributed by atoms with Gasteiger partial charge in [-0.1, -0.05) is 122 Å². The number of aliphatic imine (C=N–C) groups is 1. The molecule has 4 nitrogen and oxygen atoms in total. The zero-order chi connectivity index (χ0) is 44.5. The SMILES string of the molecule is Cc1cc(C)c(-c2cc(Oc3[c-]c(-n4c5ccc(C(C)(C)C)cc5c5cccnc54)cc(C(C)(C)C)c3)[c-]c(C3=N[C@]4(C)Cc5cc(C)c(C)cc5[C@]4(C(C)(C)C)S3)c2)c(C)c1.[Pt+2]. The molecule has 0 fully saturated rings. The molecular formula is C57H61N3OPtS. The van der Waals surface area contributed by atoms with Gasteiger partial charge in [0, 0.05) is 33.5 Å². The van der Waals surface area contributed by atoms with Crippen molar-refractivity contribution in [2.24, 2.45) is 10.4 Å². The molecule has 0 bridgehead atoms. The molecule has 7 aromatic rings. The summed E-state index contributed by atoms with van der Waals surface area (Å²) in [6.07, 6.45) is 2.79. The van der Waals surface area contributed by atoms with E-state index in [-0.39, 0.29) is 47.6 Å². The van der Waals surface area contributed by atoms with Crippen LogP contribution in [0.5, 0.6) is 11.5 Å². The molecule has 0 amide bonds. The summed E-state index contributed by atoms with van der Waals surface area (Å²) in [7, 11) is 0. The first-order valence-electron chi connectivity index (χ1n) is 22.2. The third-order valence-corrected chi connectivity index (χ3v) is 15.7. The number of aromatic nitrogens is 2. The van der Waals surface area contributed by atoms with Crippen LogP contribution in [0.2, 0.25) is 0 Å². The van der Waals surface area contributed by atoms with Gasteiger partial charge in [0.2, 0.25) is 0 Å². The molecule has 0 radical (unpaired) electrons. The van der Waals surface area contributed by atoms with E-state index in [1.54, 1.807) is 0 Å². The van der Waals surface area contributed by atoms with E-state index in [2.05, 4.69) is 193 Å². The second-order valence-corrected chi connectivity index (χ2v) is 22.8. The Balaban J connectivity index is 0.00000544. The minimum Gasteiger partial charge on any atom is -0.503 e. The number of ether oxygens (including phenoxy) is 1. The summed E-state index contributed by atoms with van der Waals surface area (Å²) in [6, 6.07) is 36.8. The largest absolute Gasteiger partial charge is 2.00 e. The smallest absolute Gasteiger partial charge is 0.503 e. The maximum absolute atomic E-state index is 7.09. The van der Waals surface area contributed by atoms with Crippen LogP contribution < -0.4 is 4.74 Å². The van der Waals surface area contributed by atoms with E-state index in [0.29, 0.717) is 11.5 Å². The molecule has 63 heavy (non-hydrogen) atoms. The average molecular weight is 1030 g/mol. The predicted octanol–water partition coefficient (Wildman–Crippen LogP) is 15.1. The summed E-state index contributed by atoms with van der Waals surface area (Å²) in [4.78, 5) is 10.7. The third kappa shape index (κ3) is 7.44. The zero-order valence-electron chi connectivity index (χ0n) is 39.8. The van der Waals surface area contributed by atoms with Crippen LogP contribution in [0.25, 0.3) is 38.8 Å². The second-order valence-electron chi connectivity index (χ2n) is 21.6. The summed E-state index contributed by atoms with van der Waals surface area (Å²) in [5.74, 6) is 1.28. The van der Waals surface area contributed by atoms with Crippen LogP contribution in [0.4, 0.5) is 0 Å². The molecule has 1 aliphatic heterocycles. The fourth-order valence-electron chi connectivity index (χ4n) is 10.6. The van der Waals surface area contributed by atoms with Crippen molar-refractivity contribution < 1.29 is 25.8 Å².